The van der Waals surface area contributed by atoms with Gasteiger partial charge in [-0.3, -0.25) is 9.69 Å². The molecule has 0 saturated carbocycles. The highest BCUT2D eigenvalue weighted by Crippen LogP contribution is 2.16. The van der Waals surface area contributed by atoms with Crippen molar-refractivity contribution in [3.63, 3.8) is 0 Å². The molecule has 0 bridgehead atoms. The lowest BCUT2D eigenvalue weighted by Gasteiger charge is -2.31. The summed E-state index contributed by atoms with van der Waals surface area (Å²) in [4.78, 5) is 21.0. The standard InChI is InChI=1S/C12H18N4O2/c13-11(17)8-16-6-1-3-10(7-16)9-18-12-14-4-2-5-15-12/h2,4-5,10H,1,3,6-9H2,(H2,13,17). The summed E-state index contributed by atoms with van der Waals surface area (Å²) in [5.41, 5.74) is 5.20. The quantitative estimate of drug-likeness (QED) is 0.798. The number of rotatable bonds is 5. The van der Waals surface area contributed by atoms with Crippen molar-refractivity contribution < 1.29 is 9.53 Å². The van der Waals surface area contributed by atoms with Gasteiger partial charge >= 0.3 is 6.01 Å². The lowest BCUT2D eigenvalue weighted by Crippen LogP contribution is -2.42. The van der Waals surface area contributed by atoms with E-state index in [1.807, 2.05) is 0 Å². The van der Waals surface area contributed by atoms with Crippen LogP contribution in [0.4, 0.5) is 0 Å². The number of ether oxygens (including phenoxy) is 1. The first-order valence-corrected chi connectivity index (χ1v) is 6.14. The van der Waals surface area contributed by atoms with Crippen molar-refractivity contribution >= 4 is 5.91 Å². The Kier molecular flexibility index (Phi) is 4.46. The van der Waals surface area contributed by atoms with Crippen LogP contribution in [0.5, 0.6) is 6.01 Å². The number of piperidine rings is 1. The topological polar surface area (TPSA) is 81.3 Å². The van der Waals surface area contributed by atoms with Gasteiger partial charge in [-0.15, -0.1) is 0 Å². The first-order chi connectivity index (χ1) is 8.74. The van der Waals surface area contributed by atoms with Crippen LogP contribution in [-0.4, -0.2) is 47.0 Å². The summed E-state index contributed by atoms with van der Waals surface area (Å²) in [6.45, 7) is 2.69. The van der Waals surface area contributed by atoms with Crippen molar-refractivity contribution in [3.05, 3.63) is 18.5 Å². The summed E-state index contributed by atoms with van der Waals surface area (Å²) >= 11 is 0. The minimum atomic E-state index is -0.275. The van der Waals surface area contributed by atoms with Crippen LogP contribution < -0.4 is 10.5 Å². The molecule has 1 atom stereocenters. The van der Waals surface area contributed by atoms with Crippen molar-refractivity contribution in [3.8, 4) is 6.01 Å². The predicted molar refractivity (Wildman–Crippen MR) is 65.9 cm³/mol. The van der Waals surface area contributed by atoms with Crippen molar-refractivity contribution in [1.29, 1.82) is 0 Å². The van der Waals surface area contributed by atoms with E-state index in [1.54, 1.807) is 18.5 Å². The normalized spacial score (nSPS) is 20.6. The van der Waals surface area contributed by atoms with Gasteiger partial charge in [0.05, 0.1) is 13.2 Å². The fourth-order valence-electron chi connectivity index (χ4n) is 2.20. The Hall–Kier alpha value is -1.69. The van der Waals surface area contributed by atoms with E-state index in [4.69, 9.17) is 10.5 Å². The van der Waals surface area contributed by atoms with Gasteiger partial charge in [0.2, 0.25) is 5.91 Å². The highest BCUT2D eigenvalue weighted by molar-refractivity contribution is 5.75. The molecule has 1 fully saturated rings. The molecule has 1 aliphatic heterocycles. The highest BCUT2D eigenvalue weighted by atomic mass is 16.5. The van der Waals surface area contributed by atoms with Crippen LogP contribution in [0, 0.1) is 5.92 Å². The first-order valence-electron chi connectivity index (χ1n) is 6.14. The number of aromatic nitrogens is 2. The average molecular weight is 250 g/mol. The molecular formula is C12H18N4O2. The Labute approximate surface area is 106 Å². The second-order valence-electron chi connectivity index (χ2n) is 4.55. The number of primary amides is 1. The number of carbonyl (C=O) groups excluding carboxylic acids is 1. The maximum absolute atomic E-state index is 10.9. The minimum absolute atomic E-state index is 0.275. The number of likely N-dealkylation sites (tertiary alicyclic amines) is 1. The SMILES string of the molecule is NC(=O)CN1CCCC(COc2ncccn2)C1. The fourth-order valence-corrected chi connectivity index (χ4v) is 2.20. The lowest BCUT2D eigenvalue weighted by molar-refractivity contribution is -0.119. The Morgan fingerprint density at radius 1 is 1.50 bits per heavy atom. The van der Waals surface area contributed by atoms with Crippen molar-refractivity contribution in [2.24, 2.45) is 11.7 Å². The number of hydrogen-bond donors (Lipinski definition) is 1. The molecule has 0 aliphatic carbocycles. The van der Waals surface area contributed by atoms with Crippen LogP contribution in [0.3, 0.4) is 0 Å². The van der Waals surface area contributed by atoms with E-state index in [9.17, 15) is 4.79 Å². The Balaban J connectivity index is 1.77. The summed E-state index contributed by atoms with van der Waals surface area (Å²) < 4.78 is 5.53. The molecule has 1 saturated heterocycles. The van der Waals surface area contributed by atoms with Crippen LogP contribution in [-0.2, 0) is 4.79 Å². The average Bonchev–Trinajstić information content (AvgIpc) is 2.37. The van der Waals surface area contributed by atoms with Crippen LogP contribution >= 0.6 is 0 Å². The first kappa shape index (κ1) is 12.8. The van der Waals surface area contributed by atoms with Gasteiger partial charge in [0.25, 0.3) is 0 Å². The van der Waals surface area contributed by atoms with Crippen LogP contribution in [0.15, 0.2) is 18.5 Å². The Morgan fingerprint density at radius 3 is 3.00 bits per heavy atom. The summed E-state index contributed by atoms with van der Waals surface area (Å²) in [5.74, 6) is 0.130. The van der Waals surface area contributed by atoms with Gasteiger partial charge in [0.1, 0.15) is 0 Å². The van der Waals surface area contributed by atoms with Crippen molar-refractivity contribution in [1.82, 2.24) is 14.9 Å². The third-order valence-corrected chi connectivity index (χ3v) is 2.97. The zero-order valence-electron chi connectivity index (χ0n) is 10.3. The largest absolute Gasteiger partial charge is 0.463 e. The van der Waals surface area contributed by atoms with E-state index in [0.29, 0.717) is 25.1 Å². The molecule has 0 aromatic carbocycles. The molecule has 1 aliphatic rings. The van der Waals surface area contributed by atoms with Crippen LogP contribution in [0.2, 0.25) is 0 Å². The van der Waals surface area contributed by atoms with Crippen molar-refractivity contribution in [2.45, 2.75) is 12.8 Å². The van der Waals surface area contributed by atoms with E-state index >= 15 is 0 Å². The van der Waals surface area contributed by atoms with E-state index in [1.165, 1.54) is 0 Å². The number of carbonyl (C=O) groups is 1. The van der Waals surface area contributed by atoms with E-state index in [2.05, 4.69) is 14.9 Å². The molecule has 6 nitrogen and oxygen atoms in total. The summed E-state index contributed by atoms with van der Waals surface area (Å²) in [6, 6.07) is 2.16. The second kappa shape index (κ2) is 6.30. The van der Waals surface area contributed by atoms with E-state index < -0.39 is 0 Å². The number of amides is 1. The van der Waals surface area contributed by atoms with E-state index in [0.717, 1.165) is 25.9 Å². The Bertz CT molecular complexity index is 385. The fraction of sp³-hybridized carbons (Fsp3) is 0.583. The molecule has 0 spiro atoms. The third-order valence-electron chi connectivity index (χ3n) is 2.97. The van der Waals surface area contributed by atoms with Crippen LogP contribution in [0.1, 0.15) is 12.8 Å². The summed E-state index contributed by atoms with van der Waals surface area (Å²) in [7, 11) is 0. The minimum Gasteiger partial charge on any atom is -0.463 e. The monoisotopic (exact) mass is 250 g/mol. The van der Waals surface area contributed by atoms with Gasteiger partial charge < -0.3 is 10.5 Å². The molecular weight excluding hydrogens is 232 g/mol. The van der Waals surface area contributed by atoms with Gasteiger partial charge in [0, 0.05) is 24.9 Å². The molecule has 1 aromatic heterocycles. The maximum Gasteiger partial charge on any atom is 0.316 e. The summed E-state index contributed by atoms with van der Waals surface area (Å²) in [5, 5.41) is 0. The molecule has 1 unspecified atom stereocenters. The smallest absolute Gasteiger partial charge is 0.316 e. The van der Waals surface area contributed by atoms with Gasteiger partial charge in [-0.05, 0) is 25.5 Å². The second-order valence-corrected chi connectivity index (χ2v) is 4.55. The Morgan fingerprint density at radius 2 is 2.28 bits per heavy atom. The van der Waals surface area contributed by atoms with Crippen LogP contribution in [0.25, 0.3) is 0 Å². The zero-order valence-corrected chi connectivity index (χ0v) is 10.3. The van der Waals surface area contributed by atoms with E-state index in [-0.39, 0.29) is 5.91 Å². The van der Waals surface area contributed by atoms with Crippen molar-refractivity contribution in [2.75, 3.05) is 26.2 Å². The number of nitrogens with zero attached hydrogens (tertiary/aromatic N) is 3. The molecule has 6 heteroatoms. The summed E-state index contributed by atoms with van der Waals surface area (Å²) in [6.07, 6.45) is 5.48. The third kappa shape index (κ3) is 3.96. The molecule has 1 amide bonds. The molecule has 18 heavy (non-hydrogen) atoms. The molecule has 0 radical (unpaired) electrons. The van der Waals surface area contributed by atoms with Gasteiger partial charge in [-0.1, -0.05) is 0 Å². The molecule has 2 rings (SSSR count). The lowest BCUT2D eigenvalue weighted by atomic mass is 9.99. The predicted octanol–water partition coefficient (Wildman–Crippen LogP) is 0.0527. The van der Waals surface area contributed by atoms with Gasteiger partial charge in [-0.25, -0.2) is 9.97 Å². The zero-order chi connectivity index (χ0) is 12.8. The molecule has 98 valence electrons. The molecule has 2 heterocycles. The number of hydrogen-bond acceptors (Lipinski definition) is 5. The van der Waals surface area contributed by atoms with Gasteiger partial charge in [0.15, 0.2) is 0 Å². The molecule has 1 aromatic rings. The highest BCUT2D eigenvalue weighted by Gasteiger charge is 2.21. The molecule has 2 N–H and O–H groups in total. The van der Waals surface area contributed by atoms with Gasteiger partial charge in [-0.2, -0.15) is 0 Å². The maximum atomic E-state index is 10.9. The number of nitrogens with two attached hydrogens (primary N) is 1.